The number of benzene rings is 1. The SMILES string of the molecule is N#Cc1c(F)cccc1N1CCN(c2ccnc(Cl)c2)CC1. The number of halogens is 2. The topological polar surface area (TPSA) is 43.2 Å². The lowest BCUT2D eigenvalue weighted by Gasteiger charge is -2.37. The summed E-state index contributed by atoms with van der Waals surface area (Å²) in [6.07, 6.45) is 1.68. The Morgan fingerprint density at radius 2 is 1.86 bits per heavy atom. The Morgan fingerprint density at radius 1 is 1.14 bits per heavy atom. The fourth-order valence-electron chi connectivity index (χ4n) is 2.68. The number of rotatable bonds is 2. The zero-order valence-corrected chi connectivity index (χ0v) is 12.6. The van der Waals surface area contributed by atoms with Gasteiger partial charge in [-0.2, -0.15) is 5.26 Å². The predicted molar refractivity (Wildman–Crippen MR) is 84.8 cm³/mol. The van der Waals surface area contributed by atoms with Crippen LogP contribution >= 0.6 is 11.6 Å². The van der Waals surface area contributed by atoms with Crippen molar-refractivity contribution in [3.63, 3.8) is 0 Å². The first kappa shape index (κ1) is 14.6. The van der Waals surface area contributed by atoms with Gasteiger partial charge in [0.1, 0.15) is 22.6 Å². The molecule has 0 saturated carbocycles. The molecule has 0 radical (unpaired) electrons. The maximum Gasteiger partial charge on any atom is 0.143 e. The van der Waals surface area contributed by atoms with Gasteiger partial charge in [0.15, 0.2) is 0 Å². The third-order valence-electron chi connectivity index (χ3n) is 3.80. The molecular formula is C16H14ClFN4. The van der Waals surface area contributed by atoms with E-state index in [1.54, 1.807) is 18.3 Å². The molecule has 112 valence electrons. The van der Waals surface area contributed by atoms with Gasteiger partial charge >= 0.3 is 0 Å². The van der Waals surface area contributed by atoms with Crippen LogP contribution < -0.4 is 9.80 Å². The van der Waals surface area contributed by atoms with Crippen LogP contribution in [-0.4, -0.2) is 31.2 Å². The van der Waals surface area contributed by atoms with Gasteiger partial charge in [-0.25, -0.2) is 9.37 Å². The molecule has 1 fully saturated rings. The predicted octanol–water partition coefficient (Wildman–Crippen LogP) is 3.07. The fraction of sp³-hybridized carbons (Fsp3) is 0.250. The number of aromatic nitrogens is 1. The lowest BCUT2D eigenvalue weighted by atomic mass is 10.1. The summed E-state index contributed by atoms with van der Waals surface area (Å²) in [4.78, 5) is 8.23. The van der Waals surface area contributed by atoms with Crippen molar-refractivity contribution in [3.05, 3.63) is 53.1 Å². The van der Waals surface area contributed by atoms with Gasteiger partial charge in [-0.15, -0.1) is 0 Å². The van der Waals surface area contributed by atoms with E-state index in [0.717, 1.165) is 31.9 Å². The second-order valence-electron chi connectivity index (χ2n) is 5.06. The van der Waals surface area contributed by atoms with Crippen molar-refractivity contribution in [3.8, 4) is 6.07 Å². The van der Waals surface area contributed by atoms with Gasteiger partial charge in [0.05, 0.1) is 5.69 Å². The number of nitrogens with zero attached hydrogens (tertiary/aromatic N) is 4. The summed E-state index contributed by atoms with van der Waals surface area (Å²) in [6, 6.07) is 10.5. The average Bonchev–Trinajstić information content (AvgIpc) is 2.55. The summed E-state index contributed by atoms with van der Waals surface area (Å²) >= 11 is 5.92. The van der Waals surface area contributed by atoms with E-state index in [0.29, 0.717) is 10.8 Å². The van der Waals surface area contributed by atoms with Crippen molar-refractivity contribution >= 4 is 23.0 Å². The molecule has 1 aromatic heterocycles. The van der Waals surface area contributed by atoms with Crippen molar-refractivity contribution < 1.29 is 4.39 Å². The standard InChI is InChI=1S/C16H14ClFN4/c17-16-10-12(4-5-20-16)21-6-8-22(9-7-21)15-3-1-2-14(18)13(15)11-19/h1-5,10H,6-9H2. The van der Waals surface area contributed by atoms with Crippen molar-refractivity contribution in [1.29, 1.82) is 5.26 Å². The third-order valence-corrected chi connectivity index (χ3v) is 4.01. The van der Waals surface area contributed by atoms with E-state index in [2.05, 4.69) is 9.88 Å². The zero-order valence-electron chi connectivity index (χ0n) is 11.8. The van der Waals surface area contributed by atoms with Gasteiger partial charge in [-0.05, 0) is 24.3 Å². The molecule has 0 N–H and O–H groups in total. The van der Waals surface area contributed by atoms with Crippen LogP contribution in [-0.2, 0) is 0 Å². The highest BCUT2D eigenvalue weighted by Crippen LogP contribution is 2.25. The Morgan fingerprint density at radius 3 is 2.55 bits per heavy atom. The molecule has 4 nitrogen and oxygen atoms in total. The summed E-state index contributed by atoms with van der Waals surface area (Å²) in [7, 11) is 0. The number of hydrogen-bond donors (Lipinski definition) is 0. The normalized spacial score (nSPS) is 14.8. The maximum absolute atomic E-state index is 13.7. The molecule has 1 saturated heterocycles. The minimum absolute atomic E-state index is 0.114. The minimum atomic E-state index is -0.469. The highest BCUT2D eigenvalue weighted by Gasteiger charge is 2.21. The monoisotopic (exact) mass is 316 g/mol. The van der Waals surface area contributed by atoms with E-state index in [1.807, 2.05) is 23.1 Å². The van der Waals surface area contributed by atoms with Gasteiger partial charge in [0.25, 0.3) is 0 Å². The van der Waals surface area contributed by atoms with Gasteiger partial charge in [-0.1, -0.05) is 17.7 Å². The Balaban J connectivity index is 1.75. The van der Waals surface area contributed by atoms with Crippen LogP contribution in [0.15, 0.2) is 36.5 Å². The molecule has 0 atom stereocenters. The highest BCUT2D eigenvalue weighted by atomic mass is 35.5. The molecule has 3 rings (SSSR count). The summed E-state index contributed by atoms with van der Waals surface area (Å²) in [6.45, 7) is 3.00. The van der Waals surface area contributed by atoms with Crippen LogP contribution in [0.1, 0.15) is 5.56 Å². The number of pyridine rings is 1. The first-order valence-electron chi connectivity index (χ1n) is 6.99. The molecule has 2 heterocycles. The zero-order chi connectivity index (χ0) is 15.5. The van der Waals surface area contributed by atoms with Crippen molar-refractivity contribution in [2.24, 2.45) is 0 Å². The molecule has 0 amide bonds. The lowest BCUT2D eigenvalue weighted by Crippen LogP contribution is -2.46. The van der Waals surface area contributed by atoms with E-state index in [-0.39, 0.29) is 5.56 Å². The van der Waals surface area contributed by atoms with Crippen LogP contribution in [0.3, 0.4) is 0 Å². The molecular weight excluding hydrogens is 303 g/mol. The van der Waals surface area contributed by atoms with Gasteiger partial charge in [-0.3, -0.25) is 0 Å². The van der Waals surface area contributed by atoms with Gasteiger partial charge < -0.3 is 9.80 Å². The first-order chi connectivity index (χ1) is 10.7. The van der Waals surface area contributed by atoms with Crippen molar-refractivity contribution in [1.82, 2.24) is 4.98 Å². The molecule has 0 aliphatic carbocycles. The molecule has 6 heteroatoms. The van der Waals surface area contributed by atoms with E-state index in [1.165, 1.54) is 6.07 Å². The summed E-state index contributed by atoms with van der Waals surface area (Å²) in [5, 5.41) is 9.61. The van der Waals surface area contributed by atoms with Crippen LogP contribution in [0.4, 0.5) is 15.8 Å². The largest absolute Gasteiger partial charge is 0.368 e. The lowest BCUT2D eigenvalue weighted by molar-refractivity contribution is 0.616. The minimum Gasteiger partial charge on any atom is -0.368 e. The summed E-state index contributed by atoms with van der Waals surface area (Å²) in [5.74, 6) is -0.469. The van der Waals surface area contributed by atoms with Gasteiger partial charge in [0, 0.05) is 38.1 Å². The molecule has 0 spiro atoms. The Hall–Kier alpha value is -2.32. The Kier molecular flexibility index (Phi) is 4.12. The number of anilines is 2. The smallest absolute Gasteiger partial charge is 0.143 e. The van der Waals surface area contributed by atoms with E-state index in [4.69, 9.17) is 16.9 Å². The number of nitriles is 1. The van der Waals surface area contributed by atoms with E-state index >= 15 is 0 Å². The fourth-order valence-corrected chi connectivity index (χ4v) is 2.85. The average molecular weight is 317 g/mol. The molecule has 0 unspecified atom stereocenters. The van der Waals surface area contributed by atoms with Crippen molar-refractivity contribution in [2.45, 2.75) is 0 Å². The van der Waals surface area contributed by atoms with Crippen LogP contribution in [0, 0.1) is 17.1 Å². The molecule has 1 aliphatic heterocycles. The quantitative estimate of drug-likeness (QED) is 0.799. The summed E-state index contributed by atoms with van der Waals surface area (Å²) < 4.78 is 13.7. The Bertz CT molecular complexity index is 720. The van der Waals surface area contributed by atoms with E-state index in [9.17, 15) is 4.39 Å². The van der Waals surface area contributed by atoms with Crippen LogP contribution in [0.2, 0.25) is 5.15 Å². The second-order valence-corrected chi connectivity index (χ2v) is 5.44. The molecule has 1 aliphatic rings. The van der Waals surface area contributed by atoms with Crippen LogP contribution in [0.5, 0.6) is 0 Å². The molecule has 22 heavy (non-hydrogen) atoms. The first-order valence-corrected chi connectivity index (χ1v) is 7.37. The Labute approximate surface area is 133 Å². The number of hydrogen-bond acceptors (Lipinski definition) is 4. The van der Waals surface area contributed by atoms with Gasteiger partial charge in [0.2, 0.25) is 0 Å². The van der Waals surface area contributed by atoms with E-state index < -0.39 is 5.82 Å². The number of piperazine rings is 1. The highest BCUT2D eigenvalue weighted by molar-refractivity contribution is 6.29. The molecule has 1 aromatic carbocycles. The molecule has 2 aromatic rings. The summed E-state index contributed by atoms with van der Waals surface area (Å²) in [5.41, 5.74) is 1.80. The van der Waals surface area contributed by atoms with Crippen LogP contribution in [0.25, 0.3) is 0 Å². The third kappa shape index (κ3) is 2.83. The maximum atomic E-state index is 13.7. The van der Waals surface area contributed by atoms with Crippen molar-refractivity contribution in [2.75, 3.05) is 36.0 Å². The second kappa shape index (κ2) is 6.20. The molecule has 0 bridgehead atoms.